The second kappa shape index (κ2) is 14.3. The Bertz CT molecular complexity index is 1180. The van der Waals surface area contributed by atoms with Crippen LogP contribution in [-0.4, -0.2) is 49.6 Å². The SMILES string of the molecule is CC[C@H](C)NC(=O)[C@H](Cc1ccccc1)N(Cc1ccccc1Cl)C(=O)COc1cc(OC)cc(OC)c1. The molecule has 2 amide bonds. The maximum absolute atomic E-state index is 13.7. The van der Waals surface area contributed by atoms with Gasteiger partial charge in [-0.25, -0.2) is 0 Å². The zero-order chi connectivity index (χ0) is 27.5. The standard InChI is InChI=1S/C30H35ClN2O5/c1-5-21(2)32-30(35)28(15-22-11-7-6-8-12-22)33(19-23-13-9-10-14-27(23)31)29(34)20-38-26-17-24(36-3)16-25(18-26)37-4/h6-14,16-18,21,28H,5,15,19-20H2,1-4H3,(H,32,35)/t21-,28-/m0/s1. The zero-order valence-electron chi connectivity index (χ0n) is 22.3. The van der Waals surface area contributed by atoms with E-state index in [0.29, 0.717) is 28.7 Å². The topological polar surface area (TPSA) is 77.1 Å². The van der Waals surface area contributed by atoms with E-state index < -0.39 is 6.04 Å². The summed E-state index contributed by atoms with van der Waals surface area (Å²) in [5.74, 6) is 0.902. The Balaban J connectivity index is 1.94. The molecule has 0 spiro atoms. The number of nitrogens with one attached hydrogen (secondary N) is 1. The quantitative estimate of drug-likeness (QED) is 0.320. The summed E-state index contributed by atoms with van der Waals surface area (Å²) in [6.07, 6.45) is 1.11. The van der Waals surface area contributed by atoms with Crippen LogP contribution in [0.5, 0.6) is 17.2 Å². The van der Waals surface area contributed by atoms with Crippen LogP contribution < -0.4 is 19.5 Å². The maximum Gasteiger partial charge on any atom is 0.261 e. The third-order valence-electron chi connectivity index (χ3n) is 6.26. The lowest BCUT2D eigenvalue weighted by Gasteiger charge is -2.32. The van der Waals surface area contributed by atoms with Gasteiger partial charge in [0.05, 0.1) is 14.2 Å². The molecule has 1 N–H and O–H groups in total. The number of amides is 2. The van der Waals surface area contributed by atoms with Crippen LogP contribution in [0.25, 0.3) is 0 Å². The second-order valence-corrected chi connectivity index (χ2v) is 9.38. The first-order valence-electron chi connectivity index (χ1n) is 12.6. The lowest BCUT2D eigenvalue weighted by Crippen LogP contribution is -2.53. The molecule has 3 aromatic rings. The van der Waals surface area contributed by atoms with E-state index in [2.05, 4.69) is 5.32 Å². The van der Waals surface area contributed by atoms with Gasteiger partial charge in [-0.15, -0.1) is 0 Å². The van der Waals surface area contributed by atoms with E-state index in [-0.39, 0.29) is 31.0 Å². The summed E-state index contributed by atoms with van der Waals surface area (Å²) >= 11 is 6.47. The predicted molar refractivity (Wildman–Crippen MR) is 149 cm³/mol. The van der Waals surface area contributed by atoms with E-state index in [1.54, 1.807) is 43.4 Å². The average Bonchev–Trinajstić information content (AvgIpc) is 2.94. The molecule has 0 unspecified atom stereocenters. The molecule has 8 heteroatoms. The summed E-state index contributed by atoms with van der Waals surface area (Å²) < 4.78 is 16.5. The first-order chi connectivity index (χ1) is 18.3. The van der Waals surface area contributed by atoms with E-state index in [1.807, 2.05) is 62.4 Å². The molecule has 2 atom stereocenters. The number of halogens is 1. The van der Waals surface area contributed by atoms with Gasteiger partial charge >= 0.3 is 0 Å². The molecule has 0 heterocycles. The van der Waals surface area contributed by atoms with Gasteiger partial charge < -0.3 is 24.4 Å². The molecule has 0 fully saturated rings. The highest BCUT2D eigenvalue weighted by molar-refractivity contribution is 6.31. The molecule has 0 bridgehead atoms. The van der Waals surface area contributed by atoms with Gasteiger partial charge in [-0.3, -0.25) is 9.59 Å². The molecular weight excluding hydrogens is 504 g/mol. The minimum atomic E-state index is -0.779. The fourth-order valence-corrected chi connectivity index (χ4v) is 4.09. The maximum atomic E-state index is 13.7. The Labute approximate surface area is 229 Å². The van der Waals surface area contributed by atoms with E-state index in [4.69, 9.17) is 25.8 Å². The van der Waals surface area contributed by atoms with Crippen LogP contribution in [0.4, 0.5) is 0 Å². The summed E-state index contributed by atoms with van der Waals surface area (Å²) in [6.45, 7) is 3.80. The van der Waals surface area contributed by atoms with Crippen LogP contribution in [0.1, 0.15) is 31.4 Å². The van der Waals surface area contributed by atoms with Gasteiger partial charge in [0, 0.05) is 42.2 Å². The monoisotopic (exact) mass is 538 g/mol. The molecular formula is C30H35ClN2O5. The molecule has 38 heavy (non-hydrogen) atoms. The van der Waals surface area contributed by atoms with Gasteiger partial charge in [-0.05, 0) is 30.5 Å². The molecule has 0 aliphatic heterocycles. The number of methoxy groups -OCH3 is 2. The van der Waals surface area contributed by atoms with Crippen molar-refractivity contribution in [2.45, 2.75) is 45.3 Å². The molecule has 0 radical (unpaired) electrons. The lowest BCUT2D eigenvalue weighted by atomic mass is 10.0. The minimum absolute atomic E-state index is 0.0430. The normalized spacial score (nSPS) is 12.2. The van der Waals surface area contributed by atoms with Crippen molar-refractivity contribution in [2.24, 2.45) is 0 Å². The number of rotatable bonds is 13. The smallest absolute Gasteiger partial charge is 0.261 e. The minimum Gasteiger partial charge on any atom is -0.496 e. The van der Waals surface area contributed by atoms with Gasteiger partial charge in [0.2, 0.25) is 5.91 Å². The van der Waals surface area contributed by atoms with Crippen molar-refractivity contribution in [2.75, 3.05) is 20.8 Å². The first-order valence-corrected chi connectivity index (χ1v) is 12.9. The van der Waals surface area contributed by atoms with Crippen LogP contribution in [0.2, 0.25) is 5.02 Å². The number of carbonyl (C=O) groups is 2. The largest absolute Gasteiger partial charge is 0.496 e. The lowest BCUT2D eigenvalue weighted by molar-refractivity contribution is -0.143. The van der Waals surface area contributed by atoms with Gasteiger partial charge in [-0.2, -0.15) is 0 Å². The van der Waals surface area contributed by atoms with E-state index >= 15 is 0 Å². The van der Waals surface area contributed by atoms with Crippen molar-refractivity contribution in [1.82, 2.24) is 10.2 Å². The predicted octanol–water partition coefficient (Wildman–Crippen LogP) is 5.29. The Morgan fingerprint density at radius 3 is 2.13 bits per heavy atom. The van der Waals surface area contributed by atoms with E-state index in [1.165, 1.54) is 0 Å². The third kappa shape index (κ3) is 8.15. The van der Waals surface area contributed by atoms with E-state index in [0.717, 1.165) is 17.5 Å². The summed E-state index contributed by atoms with van der Waals surface area (Å²) in [4.78, 5) is 28.9. The van der Waals surface area contributed by atoms with Crippen LogP contribution in [0.15, 0.2) is 72.8 Å². The fraction of sp³-hybridized carbons (Fsp3) is 0.333. The van der Waals surface area contributed by atoms with Crippen molar-refractivity contribution in [3.05, 3.63) is 88.9 Å². The number of nitrogens with zero attached hydrogens (tertiary/aromatic N) is 1. The highest BCUT2D eigenvalue weighted by atomic mass is 35.5. The molecule has 3 aromatic carbocycles. The molecule has 0 saturated carbocycles. The summed E-state index contributed by atoms with van der Waals surface area (Å²) in [6, 6.07) is 21.2. The molecule has 0 aliphatic carbocycles. The number of carbonyl (C=O) groups excluding carboxylic acids is 2. The first kappa shape index (κ1) is 28.9. The summed E-state index contributed by atoms with van der Waals surface area (Å²) in [5, 5.41) is 3.57. The van der Waals surface area contributed by atoms with E-state index in [9.17, 15) is 9.59 Å². The van der Waals surface area contributed by atoms with Crippen molar-refractivity contribution in [3.8, 4) is 17.2 Å². The second-order valence-electron chi connectivity index (χ2n) is 8.97. The average molecular weight is 539 g/mol. The molecule has 0 aliphatic rings. The van der Waals surface area contributed by atoms with Crippen molar-refractivity contribution in [1.29, 1.82) is 0 Å². The summed E-state index contributed by atoms with van der Waals surface area (Å²) in [5.41, 5.74) is 1.67. The Morgan fingerprint density at radius 1 is 0.921 bits per heavy atom. The van der Waals surface area contributed by atoms with Gasteiger partial charge in [0.1, 0.15) is 23.3 Å². The van der Waals surface area contributed by atoms with Crippen molar-refractivity contribution < 1.29 is 23.8 Å². The van der Waals surface area contributed by atoms with Gasteiger partial charge in [0.15, 0.2) is 6.61 Å². The number of hydrogen-bond acceptors (Lipinski definition) is 5. The zero-order valence-corrected chi connectivity index (χ0v) is 23.0. The number of hydrogen-bond donors (Lipinski definition) is 1. The molecule has 0 saturated heterocycles. The fourth-order valence-electron chi connectivity index (χ4n) is 3.90. The third-order valence-corrected chi connectivity index (χ3v) is 6.63. The van der Waals surface area contributed by atoms with Crippen molar-refractivity contribution >= 4 is 23.4 Å². The van der Waals surface area contributed by atoms with Crippen LogP contribution in [0.3, 0.4) is 0 Å². The van der Waals surface area contributed by atoms with Gasteiger partial charge in [0.25, 0.3) is 5.91 Å². The van der Waals surface area contributed by atoms with Gasteiger partial charge in [-0.1, -0.05) is 67.1 Å². The highest BCUT2D eigenvalue weighted by Gasteiger charge is 2.31. The Hall–Kier alpha value is -3.71. The van der Waals surface area contributed by atoms with Crippen molar-refractivity contribution in [3.63, 3.8) is 0 Å². The Morgan fingerprint density at radius 2 is 1.53 bits per heavy atom. The molecule has 7 nitrogen and oxygen atoms in total. The Kier molecular flexibility index (Phi) is 10.8. The number of ether oxygens (including phenoxy) is 3. The summed E-state index contributed by atoms with van der Waals surface area (Å²) in [7, 11) is 3.08. The molecule has 202 valence electrons. The highest BCUT2D eigenvalue weighted by Crippen LogP contribution is 2.28. The number of benzene rings is 3. The van der Waals surface area contributed by atoms with Crippen LogP contribution in [0, 0.1) is 0 Å². The molecule has 0 aromatic heterocycles. The van der Waals surface area contributed by atoms with Crippen LogP contribution >= 0.6 is 11.6 Å². The molecule has 3 rings (SSSR count). The van der Waals surface area contributed by atoms with Crippen LogP contribution in [-0.2, 0) is 22.6 Å².